The molecule has 1 unspecified atom stereocenters. The summed E-state index contributed by atoms with van der Waals surface area (Å²) in [5.41, 5.74) is 6.40. The van der Waals surface area contributed by atoms with E-state index in [0.29, 0.717) is 44.2 Å². The van der Waals surface area contributed by atoms with Crippen molar-refractivity contribution in [2.24, 2.45) is 0 Å². The average Bonchev–Trinajstić information content (AvgIpc) is 2.80. The Kier molecular flexibility index (Phi) is 5.24. The third-order valence-corrected chi connectivity index (χ3v) is 4.48. The first kappa shape index (κ1) is 16.6. The van der Waals surface area contributed by atoms with E-state index in [1.54, 1.807) is 16.0 Å². The highest BCUT2D eigenvalue weighted by Crippen LogP contribution is 2.23. The molecule has 3 rings (SSSR count). The number of morpholine rings is 1. The summed E-state index contributed by atoms with van der Waals surface area (Å²) in [6.45, 7) is 2.11. The van der Waals surface area contributed by atoms with Crippen LogP contribution in [-0.2, 0) is 14.3 Å². The SMILES string of the molecule is Nc1nccnc1C1CN(C(=O)CN2CCCCCC2=O)CCO1. The van der Waals surface area contributed by atoms with Crippen LogP contribution in [0.1, 0.15) is 37.5 Å². The molecule has 1 aromatic heterocycles. The van der Waals surface area contributed by atoms with Gasteiger partial charge >= 0.3 is 0 Å². The summed E-state index contributed by atoms with van der Waals surface area (Å²) in [6, 6.07) is 0. The van der Waals surface area contributed by atoms with Gasteiger partial charge in [0, 0.05) is 31.9 Å². The highest BCUT2D eigenvalue weighted by molar-refractivity contribution is 5.85. The number of ether oxygens (including phenoxy) is 1. The minimum atomic E-state index is -0.378. The Bertz CT molecular complexity index is 609. The van der Waals surface area contributed by atoms with Crippen LogP contribution in [0.15, 0.2) is 12.4 Å². The molecule has 0 saturated carbocycles. The molecule has 1 atom stereocenters. The number of aromatic nitrogens is 2. The van der Waals surface area contributed by atoms with Crippen LogP contribution >= 0.6 is 0 Å². The largest absolute Gasteiger partial charge is 0.382 e. The van der Waals surface area contributed by atoms with E-state index < -0.39 is 0 Å². The van der Waals surface area contributed by atoms with Crippen molar-refractivity contribution in [3.8, 4) is 0 Å². The summed E-state index contributed by atoms with van der Waals surface area (Å²) < 4.78 is 5.70. The number of hydrogen-bond acceptors (Lipinski definition) is 6. The van der Waals surface area contributed by atoms with E-state index in [2.05, 4.69) is 9.97 Å². The molecule has 2 fully saturated rings. The van der Waals surface area contributed by atoms with Crippen LogP contribution in [0, 0.1) is 0 Å². The molecule has 8 nitrogen and oxygen atoms in total. The normalized spacial score (nSPS) is 22.3. The molecule has 0 bridgehead atoms. The first-order valence-corrected chi connectivity index (χ1v) is 8.38. The van der Waals surface area contributed by atoms with E-state index in [9.17, 15) is 9.59 Å². The minimum Gasteiger partial charge on any atom is -0.382 e. The lowest BCUT2D eigenvalue weighted by atomic mass is 10.2. The molecule has 0 aliphatic carbocycles. The predicted molar refractivity (Wildman–Crippen MR) is 86.8 cm³/mol. The molecule has 2 amide bonds. The Morgan fingerprint density at radius 1 is 1.25 bits per heavy atom. The zero-order chi connectivity index (χ0) is 16.9. The predicted octanol–water partition coefficient (Wildman–Crippen LogP) is 0.361. The van der Waals surface area contributed by atoms with Gasteiger partial charge in [-0.05, 0) is 12.8 Å². The van der Waals surface area contributed by atoms with Crippen LogP contribution < -0.4 is 5.73 Å². The summed E-state index contributed by atoms with van der Waals surface area (Å²) in [5, 5.41) is 0. The molecule has 2 N–H and O–H groups in total. The van der Waals surface area contributed by atoms with E-state index in [4.69, 9.17) is 10.5 Å². The highest BCUT2D eigenvalue weighted by Gasteiger charge is 2.29. The fourth-order valence-electron chi connectivity index (χ4n) is 3.12. The molecule has 1 aromatic rings. The molecule has 130 valence electrons. The van der Waals surface area contributed by atoms with Gasteiger partial charge in [0.2, 0.25) is 11.8 Å². The van der Waals surface area contributed by atoms with Crippen molar-refractivity contribution >= 4 is 17.6 Å². The third-order valence-electron chi connectivity index (χ3n) is 4.48. The van der Waals surface area contributed by atoms with Crippen molar-refractivity contribution < 1.29 is 14.3 Å². The molecule has 2 saturated heterocycles. The fourth-order valence-corrected chi connectivity index (χ4v) is 3.12. The lowest BCUT2D eigenvalue weighted by molar-refractivity contribution is -0.145. The van der Waals surface area contributed by atoms with Crippen molar-refractivity contribution in [1.29, 1.82) is 0 Å². The Hall–Kier alpha value is -2.22. The molecule has 8 heteroatoms. The van der Waals surface area contributed by atoms with E-state index in [0.717, 1.165) is 19.3 Å². The zero-order valence-electron chi connectivity index (χ0n) is 13.7. The number of amides is 2. The summed E-state index contributed by atoms with van der Waals surface area (Å²) in [5.74, 6) is 0.337. The third kappa shape index (κ3) is 3.81. The number of likely N-dealkylation sites (tertiary alicyclic amines) is 1. The lowest BCUT2D eigenvalue weighted by Crippen LogP contribution is -2.48. The summed E-state index contributed by atoms with van der Waals surface area (Å²) in [7, 11) is 0. The molecule has 0 spiro atoms. The smallest absolute Gasteiger partial charge is 0.242 e. The first-order chi connectivity index (χ1) is 11.6. The number of hydrogen-bond donors (Lipinski definition) is 1. The van der Waals surface area contributed by atoms with Gasteiger partial charge in [0.25, 0.3) is 0 Å². The van der Waals surface area contributed by atoms with Gasteiger partial charge in [-0.3, -0.25) is 14.6 Å². The number of nitrogens with two attached hydrogens (primary N) is 1. The van der Waals surface area contributed by atoms with Crippen LogP contribution in [-0.4, -0.2) is 64.4 Å². The van der Waals surface area contributed by atoms with Crippen LogP contribution in [0.25, 0.3) is 0 Å². The summed E-state index contributed by atoms with van der Waals surface area (Å²) in [4.78, 5) is 36.3. The van der Waals surface area contributed by atoms with Gasteiger partial charge in [-0.15, -0.1) is 0 Å². The maximum atomic E-state index is 12.6. The second kappa shape index (κ2) is 7.57. The second-order valence-corrected chi connectivity index (χ2v) is 6.15. The van der Waals surface area contributed by atoms with Crippen LogP contribution in [0.2, 0.25) is 0 Å². The molecule has 0 aromatic carbocycles. The van der Waals surface area contributed by atoms with Gasteiger partial charge in [0.15, 0.2) is 0 Å². The van der Waals surface area contributed by atoms with E-state index in [-0.39, 0.29) is 24.5 Å². The van der Waals surface area contributed by atoms with Gasteiger partial charge in [0.05, 0.1) is 19.7 Å². The molecular formula is C16H23N5O3. The molecule has 24 heavy (non-hydrogen) atoms. The number of carbonyl (C=O) groups is 2. The maximum Gasteiger partial charge on any atom is 0.242 e. The Labute approximate surface area is 141 Å². The molecule has 0 radical (unpaired) electrons. The van der Waals surface area contributed by atoms with Crippen LogP contribution in [0.3, 0.4) is 0 Å². The quantitative estimate of drug-likeness (QED) is 0.857. The fraction of sp³-hybridized carbons (Fsp3) is 0.625. The van der Waals surface area contributed by atoms with Crippen LogP contribution in [0.5, 0.6) is 0 Å². The Balaban J connectivity index is 1.62. The monoisotopic (exact) mass is 333 g/mol. The van der Waals surface area contributed by atoms with E-state index >= 15 is 0 Å². The molecule has 2 aliphatic rings. The van der Waals surface area contributed by atoms with Crippen molar-refractivity contribution in [1.82, 2.24) is 19.8 Å². The van der Waals surface area contributed by atoms with Crippen LogP contribution in [0.4, 0.5) is 5.82 Å². The minimum absolute atomic E-state index is 0.0546. The van der Waals surface area contributed by atoms with Gasteiger partial charge in [0.1, 0.15) is 17.6 Å². The topological polar surface area (TPSA) is 102 Å². The van der Waals surface area contributed by atoms with Gasteiger partial charge in [-0.25, -0.2) is 4.98 Å². The number of nitrogen functional groups attached to an aromatic ring is 1. The standard InChI is InChI=1S/C16H23N5O3/c17-16-15(18-5-6-19-16)12-10-21(8-9-24-12)14(23)11-20-7-3-1-2-4-13(20)22/h5-6,12H,1-4,7-11H2,(H2,17,19). The Morgan fingerprint density at radius 2 is 2.08 bits per heavy atom. The van der Waals surface area contributed by atoms with Crippen molar-refractivity contribution in [3.05, 3.63) is 18.1 Å². The van der Waals surface area contributed by atoms with Crippen molar-refractivity contribution in [2.45, 2.75) is 31.8 Å². The van der Waals surface area contributed by atoms with Gasteiger partial charge in [-0.1, -0.05) is 6.42 Å². The lowest BCUT2D eigenvalue weighted by Gasteiger charge is -2.34. The highest BCUT2D eigenvalue weighted by atomic mass is 16.5. The van der Waals surface area contributed by atoms with Crippen molar-refractivity contribution in [2.75, 3.05) is 38.5 Å². The van der Waals surface area contributed by atoms with Gasteiger partial charge < -0.3 is 20.3 Å². The summed E-state index contributed by atoms with van der Waals surface area (Å²) in [6.07, 6.45) is 6.16. The summed E-state index contributed by atoms with van der Waals surface area (Å²) >= 11 is 0. The second-order valence-electron chi connectivity index (χ2n) is 6.15. The average molecular weight is 333 g/mol. The Morgan fingerprint density at radius 3 is 2.92 bits per heavy atom. The number of anilines is 1. The molecule has 3 heterocycles. The molecule has 2 aliphatic heterocycles. The van der Waals surface area contributed by atoms with E-state index in [1.165, 1.54) is 6.20 Å². The van der Waals surface area contributed by atoms with Gasteiger partial charge in [-0.2, -0.15) is 0 Å². The van der Waals surface area contributed by atoms with E-state index in [1.807, 2.05) is 0 Å². The number of carbonyl (C=O) groups excluding carboxylic acids is 2. The maximum absolute atomic E-state index is 12.6. The number of rotatable bonds is 3. The zero-order valence-corrected chi connectivity index (χ0v) is 13.7. The van der Waals surface area contributed by atoms with Crippen molar-refractivity contribution in [3.63, 3.8) is 0 Å². The molecular weight excluding hydrogens is 310 g/mol. The first-order valence-electron chi connectivity index (χ1n) is 8.38. The number of nitrogens with zero attached hydrogens (tertiary/aromatic N) is 4.